The molecule has 0 spiro atoms. The predicted molar refractivity (Wildman–Crippen MR) is 92.1 cm³/mol. The van der Waals surface area contributed by atoms with Crippen LogP contribution in [0.15, 0.2) is 47.4 Å². The molecule has 3 rings (SSSR count). The van der Waals surface area contributed by atoms with Crippen LogP contribution in [0.1, 0.15) is 30.0 Å². The zero-order valence-corrected chi connectivity index (χ0v) is 13.8. The predicted octanol–water partition coefficient (Wildman–Crippen LogP) is 2.33. The fourth-order valence-corrected chi connectivity index (χ4v) is 2.80. The minimum absolute atomic E-state index is 0.0949. The molecule has 1 aromatic carbocycles. The molecule has 1 atom stereocenters. The summed E-state index contributed by atoms with van der Waals surface area (Å²) in [7, 11) is 0. The van der Waals surface area contributed by atoms with E-state index in [9.17, 15) is 19.7 Å². The van der Waals surface area contributed by atoms with Gasteiger partial charge in [-0.2, -0.15) is 0 Å². The highest BCUT2D eigenvalue weighted by atomic mass is 16.6. The van der Waals surface area contributed by atoms with Crippen LogP contribution >= 0.6 is 0 Å². The van der Waals surface area contributed by atoms with Crippen molar-refractivity contribution in [3.63, 3.8) is 0 Å². The molecule has 1 unspecified atom stereocenters. The van der Waals surface area contributed by atoms with E-state index in [1.165, 1.54) is 0 Å². The Morgan fingerprint density at radius 2 is 1.96 bits per heavy atom. The summed E-state index contributed by atoms with van der Waals surface area (Å²) in [6.45, 7) is 1.76. The van der Waals surface area contributed by atoms with E-state index in [1.54, 1.807) is 0 Å². The third-order valence-electron chi connectivity index (χ3n) is 4.34. The average molecular weight is 341 g/mol. The van der Waals surface area contributed by atoms with Gasteiger partial charge in [0.05, 0.1) is 17.2 Å². The molecule has 25 heavy (non-hydrogen) atoms. The molecule has 1 fully saturated rings. The van der Waals surface area contributed by atoms with Crippen LogP contribution in [0.2, 0.25) is 0 Å². The molecule has 1 N–H and O–H groups in total. The highest BCUT2D eigenvalue weighted by Gasteiger charge is 2.33. The van der Waals surface area contributed by atoms with Crippen LogP contribution in [-0.4, -0.2) is 15.4 Å². The van der Waals surface area contributed by atoms with Crippen LogP contribution in [0.25, 0.3) is 0 Å². The number of aryl methyl sites for hydroxylation is 1. The zero-order chi connectivity index (χ0) is 18.0. The first-order chi connectivity index (χ1) is 11.9. The second kappa shape index (κ2) is 6.88. The van der Waals surface area contributed by atoms with E-state index < -0.39 is 10.5 Å². The number of pyridine rings is 1. The highest BCUT2D eigenvalue weighted by molar-refractivity contribution is 5.76. The molecule has 0 radical (unpaired) electrons. The smallest absolute Gasteiger partial charge is 0.285 e. The molecule has 1 saturated carbocycles. The maximum absolute atomic E-state index is 12.4. The zero-order valence-electron chi connectivity index (χ0n) is 13.8. The van der Waals surface area contributed by atoms with E-state index in [-0.39, 0.29) is 24.2 Å². The van der Waals surface area contributed by atoms with Gasteiger partial charge in [0, 0.05) is 12.1 Å². The Balaban J connectivity index is 1.74. The van der Waals surface area contributed by atoms with E-state index >= 15 is 0 Å². The van der Waals surface area contributed by atoms with Crippen LogP contribution < -0.4 is 10.9 Å². The van der Waals surface area contributed by atoms with E-state index in [1.807, 2.05) is 31.2 Å². The summed E-state index contributed by atoms with van der Waals surface area (Å²) in [4.78, 5) is 34.5. The van der Waals surface area contributed by atoms with E-state index in [4.69, 9.17) is 0 Å². The molecule has 2 aromatic rings. The molecule has 130 valence electrons. The average Bonchev–Trinajstić information content (AvgIpc) is 3.40. The number of nitrogens with one attached hydrogen (secondary N) is 1. The van der Waals surface area contributed by atoms with Gasteiger partial charge in [-0.15, -0.1) is 0 Å². The van der Waals surface area contributed by atoms with Crippen molar-refractivity contribution in [2.75, 3.05) is 0 Å². The number of amides is 1. The molecular weight excluding hydrogens is 322 g/mol. The Kier molecular flexibility index (Phi) is 4.65. The summed E-state index contributed by atoms with van der Waals surface area (Å²) >= 11 is 0. The first-order valence-corrected chi connectivity index (χ1v) is 8.15. The van der Waals surface area contributed by atoms with Gasteiger partial charge in [-0.25, -0.2) is 0 Å². The summed E-state index contributed by atoms with van der Waals surface area (Å²) < 4.78 is 1.06. The summed E-state index contributed by atoms with van der Waals surface area (Å²) in [6.07, 6.45) is 3.20. The van der Waals surface area contributed by atoms with Gasteiger partial charge >= 0.3 is 0 Å². The van der Waals surface area contributed by atoms with E-state index in [0.717, 1.165) is 46.9 Å². The number of carbonyl (C=O) groups excluding carboxylic acids is 1. The fourth-order valence-electron chi connectivity index (χ4n) is 2.80. The van der Waals surface area contributed by atoms with Gasteiger partial charge in [-0.1, -0.05) is 29.8 Å². The SMILES string of the molecule is Cc1ccc(C(NC(=O)Cn2cc([N+](=O)[O-])ccc2=O)C2CC2)cc1. The minimum Gasteiger partial charge on any atom is -0.347 e. The molecule has 1 amide bonds. The van der Waals surface area contributed by atoms with Gasteiger partial charge in [0.15, 0.2) is 0 Å². The van der Waals surface area contributed by atoms with Gasteiger partial charge in [-0.05, 0) is 31.2 Å². The summed E-state index contributed by atoms with van der Waals surface area (Å²) in [5.74, 6) is 0.0635. The molecule has 0 aliphatic heterocycles. The third kappa shape index (κ3) is 4.12. The van der Waals surface area contributed by atoms with Crippen molar-refractivity contribution in [3.8, 4) is 0 Å². The van der Waals surface area contributed by atoms with Crippen molar-refractivity contribution < 1.29 is 9.72 Å². The lowest BCUT2D eigenvalue weighted by Crippen LogP contribution is -2.35. The van der Waals surface area contributed by atoms with Crippen molar-refractivity contribution in [1.82, 2.24) is 9.88 Å². The van der Waals surface area contributed by atoms with Gasteiger partial charge in [0.1, 0.15) is 6.54 Å². The van der Waals surface area contributed by atoms with Gasteiger partial charge < -0.3 is 5.32 Å². The standard InChI is InChI=1S/C18H19N3O4/c1-12-2-4-13(5-3-12)18(14-6-7-14)19-16(22)11-20-10-15(21(24)25)8-9-17(20)23/h2-5,8-10,14,18H,6-7,11H2,1H3,(H,19,22). The number of hydrogen-bond donors (Lipinski definition) is 1. The molecule has 0 saturated heterocycles. The lowest BCUT2D eigenvalue weighted by molar-refractivity contribution is -0.385. The molecule has 7 heteroatoms. The molecule has 1 aliphatic carbocycles. The second-order valence-corrected chi connectivity index (χ2v) is 6.40. The van der Waals surface area contributed by atoms with Crippen LogP contribution in [-0.2, 0) is 11.3 Å². The molecular formula is C18H19N3O4. The van der Waals surface area contributed by atoms with Crippen LogP contribution in [0, 0.1) is 23.0 Å². The molecule has 1 heterocycles. The van der Waals surface area contributed by atoms with Gasteiger partial charge in [0.25, 0.3) is 11.2 Å². The van der Waals surface area contributed by atoms with Crippen LogP contribution in [0.3, 0.4) is 0 Å². The van der Waals surface area contributed by atoms with E-state index in [2.05, 4.69) is 5.32 Å². The van der Waals surface area contributed by atoms with Crippen LogP contribution in [0.5, 0.6) is 0 Å². The van der Waals surface area contributed by atoms with Crippen molar-refractivity contribution in [2.45, 2.75) is 32.4 Å². The Bertz CT molecular complexity index is 853. The van der Waals surface area contributed by atoms with Crippen LogP contribution in [0.4, 0.5) is 5.69 Å². The number of carbonyl (C=O) groups is 1. The summed E-state index contributed by atoms with van der Waals surface area (Å²) in [5.41, 5.74) is 1.52. The normalized spacial score (nSPS) is 14.8. The van der Waals surface area contributed by atoms with Crippen molar-refractivity contribution >= 4 is 11.6 Å². The third-order valence-corrected chi connectivity index (χ3v) is 4.34. The molecule has 1 aliphatic rings. The molecule has 0 bridgehead atoms. The van der Waals surface area contributed by atoms with Crippen molar-refractivity contribution in [3.05, 3.63) is 74.2 Å². The van der Waals surface area contributed by atoms with E-state index in [0.29, 0.717) is 5.92 Å². The lowest BCUT2D eigenvalue weighted by Gasteiger charge is -2.19. The number of nitro groups is 1. The number of hydrogen-bond acceptors (Lipinski definition) is 4. The van der Waals surface area contributed by atoms with Crippen molar-refractivity contribution in [1.29, 1.82) is 0 Å². The maximum atomic E-state index is 12.4. The Morgan fingerprint density at radius 1 is 1.28 bits per heavy atom. The van der Waals surface area contributed by atoms with Gasteiger partial charge in [0.2, 0.25) is 5.91 Å². The molecule has 1 aromatic heterocycles. The fraction of sp³-hybridized carbons (Fsp3) is 0.333. The molecule has 7 nitrogen and oxygen atoms in total. The largest absolute Gasteiger partial charge is 0.347 e. The maximum Gasteiger partial charge on any atom is 0.285 e. The minimum atomic E-state index is -0.590. The quantitative estimate of drug-likeness (QED) is 0.644. The monoisotopic (exact) mass is 341 g/mol. The number of nitrogens with zero attached hydrogens (tertiary/aromatic N) is 2. The first-order valence-electron chi connectivity index (χ1n) is 8.15. The number of rotatable bonds is 6. The lowest BCUT2D eigenvalue weighted by atomic mass is 10.0. The summed E-state index contributed by atoms with van der Waals surface area (Å²) in [5, 5.41) is 13.8. The Hall–Kier alpha value is -2.96. The van der Waals surface area contributed by atoms with Gasteiger partial charge in [-0.3, -0.25) is 24.3 Å². The summed E-state index contributed by atoms with van der Waals surface area (Å²) in [6, 6.07) is 10.1. The first kappa shape index (κ1) is 16.9. The number of aromatic nitrogens is 1. The topological polar surface area (TPSA) is 94.2 Å². The number of benzene rings is 1. The Labute approximate surface area is 144 Å². The van der Waals surface area contributed by atoms with Crippen molar-refractivity contribution in [2.24, 2.45) is 5.92 Å². The Morgan fingerprint density at radius 3 is 2.56 bits per heavy atom. The highest BCUT2D eigenvalue weighted by Crippen LogP contribution is 2.41. The second-order valence-electron chi connectivity index (χ2n) is 6.40.